The Kier molecular flexibility index (Phi) is 2.31. The van der Waals surface area contributed by atoms with Gasteiger partial charge in [0.25, 0.3) is 0 Å². The van der Waals surface area contributed by atoms with E-state index >= 15 is 0 Å². The van der Waals surface area contributed by atoms with Crippen molar-refractivity contribution in [3.8, 4) is 17.3 Å². The van der Waals surface area contributed by atoms with Gasteiger partial charge in [0.1, 0.15) is 5.56 Å². The molecule has 0 saturated carbocycles. The molecule has 6 nitrogen and oxygen atoms in total. The highest BCUT2D eigenvalue weighted by Crippen LogP contribution is 2.25. The normalized spacial score (nSPS) is 10.6. The summed E-state index contributed by atoms with van der Waals surface area (Å²) in [5.41, 5.74) is 0.815. The van der Waals surface area contributed by atoms with Crippen LogP contribution in [-0.2, 0) is 14.1 Å². The molecule has 0 aliphatic carbocycles. The largest absolute Gasteiger partial charge is 0.479 e. The van der Waals surface area contributed by atoms with Gasteiger partial charge in [-0.1, -0.05) is 0 Å². The topological polar surface area (TPSA) is 60.7 Å². The Balaban J connectivity index is 2.62. The second-order valence-electron chi connectivity index (χ2n) is 3.14. The lowest BCUT2D eigenvalue weighted by molar-refractivity contribution is 0.393. The number of aromatic amines is 1. The molecule has 0 amide bonds. The van der Waals surface area contributed by atoms with Crippen molar-refractivity contribution < 1.29 is 4.74 Å². The molecule has 80 valence electrons. The molecule has 0 aliphatic heterocycles. The molecule has 1 N–H and O–H groups in total. The SMILES string of the molecule is COc1nn(C)cc1-c1n[nH]c(=S)n1C. The monoisotopic (exact) mass is 225 g/mol. The van der Waals surface area contributed by atoms with Crippen molar-refractivity contribution >= 4 is 12.2 Å². The molecule has 0 spiro atoms. The minimum Gasteiger partial charge on any atom is -0.479 e. The summed E-state index contributed by atoms with van der Waals surface area (Å²) in [4.78, 5) is 0. The minimum absolute atomic E-state index is 0.537. The van der Waals surface area contributed by atoms with Gasteiger partial charge in [-0.15, -0.1) is 5.10 Å². The zero-order chi connectivity index (χ0) is 11.0. The van der Waals surface area contributed by atoms with Crippen LogP contribution in [-0.4, -0.2) is 31.7 Å². The number of aryl methyl sites for hydroxylation is 1. The predicted octanol–water partition coefficient (Wildman–Crippen LogP) is 0.887. The fourth-order valence-electron chi connectivity index (χ4n) is 1.36. The van der Waals surface area contributed by atoms with Crippen molar-refractivity contribution in [1.82, 2.24) is 24.5 Å². The van der Waals surface area contributed by atoms with E-state index in [1.807, 2.05) is 20.3 Å². The van der Waals surface area contributed by atoms with Crippen molar-refractivity contribution in [2.45, 2.75) is 0 Å². The number of methoxy groups -OCH3 is 1. The number of rotatable bonds is 2. The zero-order valence-corrected chi connectivity index (χ0v) is 9.50. The molecular formula is C8H11N5OS. The number of hydrogen-bond acceptors (Lipinski definition) is 4. The Labute approximate surface area is 91.5 Å². The van der Waals surface area contributed by atoms with E-state index in [0.717, 1.165) is 5.56 Å². The van der Waals surface area contributed by atoms with Gasteiger partial charge in [0, 0.05) is 20.3 Å². The number of nitrogens with zero attached hydrogens (tertiary/aromatic N) is 4. The van der Waals surface area contributed by atoms with E-state index in [4.69, 9.17) is 17.0 Å². The van der Waals surface area contributed by atoms with Gasteiger partial charge in [-0.05, 0) is 12.2 Å². The quantitative estimate of drug-likeness (QED) is 0.771. The summed E-state index contributed by atoms with van der Waals surface area (Å²) in [7, 11) is 5.24. The summed E-state index contributed by atoms with van der Waals surface area (Å²) < 4.78 is 9.16. The van der Waals surface area contributed by atoms with Crippen LogP contribution in [0.4, 0.5) is 0 Å². The first-order chi connectivity index (χ1) is 7.13. The first kappa shape index (κ1) is 9.91. The predicted molar refractivity (Wildman–Crippen MR) is 57.1 cm³/mol. The Morgan fingerprint density at radius 1 is 1.47 bits per heavy atom. The van der Waals surface area contributed by atoms with Crippen LogP contribution in [0.2, 0.25) is 0 Å². The Morgan fingerprint density at radius 3 is 2.73 bits per heavy atom. The van der Waals surface area contributed by atoms with Crippen LogP contribution in [0.25, 0.3) is 11.4 Å². The highest BCUT2D eigenvalue weighted by Gasteiger charge is 2.15. The average molecular weight is 225 g/mol. The van der Waals surface area contributed by atoms with Crippen LogP contribution in [0, 0.1) is 4.77 Å². The summed E-state index contributed by atoms with van der Waals surface area (Å²) in [6, 6.07) is 0. The second-order valence-corrected chi connectivity index (χ2v) is 3.52. The highest BCUT2D eigenvalue weighted by molar-refractivity contribution is 7.71. The molecule has 15 heavy (non-hydrogen) atoms. The molecule has 0 aliphatic rings. The summed E-state index contributed by atoms with van der Waals surface area (Å²) in [5.74, 6) is 1.25. The van der Waals surface area contributed by atoms with Gasteiger partial charge in [-0.25, -0.2) is 0 Å². The fourth-order valence-corrected chi connectivity index (χ4v) is 1.49. The van der Waals surface area contributed by atoms with Crippen LogP contribution < -0.4 is 4.74 Å². The maximum atomic E-state index is 5.15. The van der Waals surface area contributed by atoms with Crippen molar-refractivity contribution in [1.29, 1.82) is 0 Å². The van der Waals surface area contributed by atoms with Crippen LogP contribution in [0.3, 0.4) is 0 Å². The molecule has 0 atom stereocenters. The lowest BCUT2D eigenvalue weighted by Crippen LogP contribution is -1.93. The van der Waals surface area contributed by atoms with Gasteiger partial charge < -0.3 is 9.30 Å². The fraction of sp³-hybridized carbons (Fsp3) is 0.375. The van der Waals surface area contributed by atoms with Crippen LogP contribution in [0.5, 0.6) is 5.88 Å². The molecular weight excluding hydrogens is 214 g/mol. The molecule has 2 rings (SSSR count). The molecule has 0 bridgehead atoms. The van der Waals surface area contributed by atoms with Gasteiger partial charge in [-0.2, -0.15) is 5.10 Å². The number of H-pyrrole nitrogens is 1. The maximum Gasteiger partial charge on any atom is 0.243 e. The minimum atomic E-state index is 0.537. The van der Waals surface area contributed by atoms with Crippen LogP contribution in [0.15, 0.2) is 6.20 Å². The van der Waals surface area contributed by atoms with Crippen molar-refractivity contribution in [2.75, 3.05) is 7.11 Å². The van der Waals surface area contributed by atoms with Gasteiger partial charge >= 0.3 is 0 Å². The van der Waals surface area contributed by atoms with E-state index in [0.29, 0.717) is 16.5 Å². The third-order valence-corrected chi connectivity index (χ3v) is 2.47. The smallest absolute Gasteiger partial charge is 0.243 e. The zero-order valence-electron chi connectivity index (χ0n) is 8.68. The molecule has 0 radical (unpaired) electrons. The summed E-state index contributed by atoms with van der Waals surface area (Å²) >= 11 is 5.04. The Bertz CT molecular complexity index is 537. The van der Waals surface area contributed by atoms with Crippen LogP contribution in [0.1, 0.15) is 0 Å². The number of nitrogens with one attached hydrogen (secondary N) is 1. The van der Waals surface area contributed by atoms with Crippen molar-refractivity contribution in [3.05, 3.63) is 11.0 Å². The van der Waals surface area contributed by atoms with Crippen LogP contribution >= 0.6 is 12.2 Å². The first-order valence-electron chi connectivity index (χ1n) is 4.33. The molecule has 0 aromatic carbocycles. The standard InChI is InChI=1S/C8H11N5OS/c1-12-4-5(7(11-12)14-3)6-9-10-8(15)13(6)2/h4H,1-3H3,(H,10,15). The molecule has 0 unspecified atom stereocenters. The van der Waals surface area contributed by atoms with E-state index in [9.17, 15) is 0 Å². The maximum absolute atomic E-state index is 5.15. The number of ether oxygens (including phenoxy) is 1. The molecule has 0 saturated heterocycles. The summed E-state index contributed by atoms with van der Waals surface area (Å²) in [6.07, 6.45) is 1.84. The van der Waals surface area contributed by atoms with E-state index in [1.54, 1.807) is 16.4 Å². The summed E-state index contributed by atoms with van der Waals surface area (Å²) in [6.45, 7) is 0. The van der Waals surface area contributed by atoms with Gasteiger partial charge in [0.15, 0.2) is 10.6 Å². The molecule has 0 fully saturated rings. The van der Waals surface area contributed by atoms with Gasteiger partial charge in [-0.3, -0.25) is 9.78 Å². The van der Waals surface area contributed by atoms with Crippen molar-refractivity contribution in [3.63, 3.8) is 0 Å². The highest BCUT2D eigenvalue weighted by atomic mass is 32.1. The van der Waals surface area contributed by atoms with Gasteiger partial charge in [0.2, 0.25) is 5.88 Å². The molecule has 2 aromatic rings. The molecule has 7 heteroatoms. The molecule has 2 aromatic heterocycles. The Hall–Kier alpha value is -1.63. The van der Waals surface area contributed by atoms with E-state index < -0.39 is 0 Å². The number of aromatic nitrogens is 5. The third kappa shape index (κ3) is 1.54. The van der Waals surface area contributed by atoms with Gasteiger partial charge in [0.05, 0.1) is 7.11 Å². The second kappa shape index (κ2) is 3.50. The molecule has 2 heterocycles. The number of hydrogen-bond donors (Lipinski definition) is 1. The lowest BCUT2D eigenvalue weighted by Gasteiger charge is -1.98. The summed E-state index contributed by atoms with van der Waals surface area (Å²) in [5, 5.41) is 11.0. The third-order valence-electron chi connectivity index (χ3n) is 2.11. The first-order valence-corrected chi connectivity index (χ1v) is 4.73. The lowest BCUT2D eigenvalue weighted by atomic mass is 10.3. The average Bonchev–Trinajstić information content (AvgIpc) is 2.72. The Morgan fingerprint density at radius 2 is 2.20 bits per heavy atom. The van der Waals surface area contributed by atoms with Crippen molar-refractivity contribution in [2.24, 2.45) is 14.1 Å². The van der Waals surface area contributed by atoms with E-state index in [1.165, 1.54) is 0 Å². The van der Waals surface area contributed by atoms with E-state index in [2.05, 4.69) is 15.3 Å². The van der Waals surface area contributed by atoms with E-state index in [-0.39, 0.29) is 0 Å².